The summed E-state index contributed by atoms with van der Waals surface area (Å²) in [5.41, 5.74) is 2.81. The summed E-state index contributed by atoms with van der Waals surface area (Å²) in [6.07, 6.45) is 0.998. The lowest BCUT2D eigenvalue weighted by atomic mass is 10.0. The first kappa shape index (κ1) is 18.6. The highest BCUT2D eigenvalue weighted by atomic mass is 16.5. The summed E-state index contributed by atoms with van der Waals surface area (Å²) in [7, 11) is 0. The number of fused-ring (bicyclic) bond motifs is 1. The third-order valence-electron chi connectivity index (χ3n) is 4.72. The minimum absolute atomic E-state index is 0.187. The van der Waals surface area contributed by atoms with Gasteiger partial charge in [0.05, 0.1) is 23.1 Å². The Morgan fingerprint density at radius 1 is 0.897 bits per heavy atom. The zero-order valence-electron chi connectivity index (χ0n) is 15.8. The second kappa shape index (κ2) is 8.52. The van der Waals surface area contributed by atoms with Crippen LogP contribution in [0, 0.1) is 0 Å². The molecule has 0 fully saturated rings. The van der Waals surface area contributed by atoms with E-state index in [2.05, 4.69) is 9.97 Å². The van der Waals surface area contributed by atoms with Crippen molar-refractivity contribution in [3.63, 3.8) is 0 Å². The number of carbonyl (C=O) groups excluding carboxylic acids is 1. The van der Waals surface area contributed by atoms with Gasteiger partial charge >= 0.3 is 5.97 Å². The smallest absolute Gasteiger partial charge is 0.338 e. The number of nitrogens with one attached hydrogen (secondary N) is 1. The maximum atomic E-state index is 12.6. The fraction of sp³-hybridized carbons (Fsp3) is 0.125. The van der Waals surface area contributed by atoms with Crippen LogP contribution in [-0.2, 0) is 17.6 Å². The molecule has 5 nitrogen and oxygen atoms in total. The number of carbonyl (C=O) groups is 1. The molecule has 0 radical (unpaired) electrons. The molecule has 0 aliphatic heterocycles. The van der Waals surface area contributed by atoms with Gasteiger partial charge in [-0.3, -0.25) is 4.79 Å². The molecule has 1 heterocycles. The van der Waals surface area contributed by atoms with Crippen LogP contribution in [0.2, 0.25) is 0 Å². The SMILES string of the molecule is O=C(OCCc1ccccc1)c1ccccc1Cc1nc2ccccc2c(=O)[nH]1. The molecule has 0 atom stereocenters. The van der Waals surface area contributed by atoms with Gasteiger partial charge in [-0.2, -0.15) is 0 Å². The number of aromatic nitrogens is 2. The third-order valence-corrected chi connectivity index (χ3v) is 4.72. The average Bonchev–Trinajstić information content (AvgIpc) is 2.75. The first-order valence-electron chi connectivity index (χ1n) is 9.47. The minimum atomic E-state index is -0.375. The molecule has 1 aromatic heterocycles. The van der Waals surface area contributed by atoms with E-state index >= 15 is 0 Å². The molecular weight excluding hydrogens is 364 g/mol. The van der Waals surface area contributed by atoms with Crippen molar-refractivity contribution in [1.82, 2.24) is 9.97 Å². The minimum Gasteiger partial charge on any atom is -0.462 e. The van der Waals surface area contributed by atoms with Crippen molar-refractivity contribution < 1.29 is 9.53 Å². The lowest BCUT2D eigenvalue weighted by Crippen LogP contribution is -2.14. The van der Waals surface area contributed by atoms with E-state index in [-0.39, 0.29) is 11.5 Å². The Balaban J connectivity index is 1.51. The van der Waals surface area contributed by atoms with Crippen LogP contribution in [0.3, 0.4) is 0 Å². The summed E-state index contributed by atoms with van der Waals surface area (Å²) >= 11 is 0. The van der Waals surface area contributed by atoms with Crippen molar-refractivity contribution in [2.45, 2.75) is 12.8 Å². The molecule has 144 valence electrons. The maximum Gasteiger partial charge on any atom is 0.338 e. The summed E-state index contributed by atoms with van der Waals surface area (Å²) in [5, 5.41) is 0.546. The molecule has 1 N–H and O–H groups in total. The van der Waals surface area contributed by atoms with Crippen molar-refractivity contribution in [3.05, 3.63) is 112 Å². The molecule has 0 bridgehead atoms. The van der Waals surface area contributed by atoms with Crippen molar-refractivity contribution in [2.75, 3.05) is 6.61 Å². The summed E-state index contributed by atoms with van der Waals surface area (Å²) in [6.45, 7) is 0.308. The molecule has 0 unspecified atom stereocenters. The molecule has 29 heavy (non-hydrogen) atoms. The lowest BCUT2D eigenvalue weighted by molar-refractivity contribution is 0.0508. The monoisotopic (exact) mass is 384 g/mol. The molecule has 4 rings (SSSR count). The number of aromatic amines is 1. The fourth-order valence-corrected chi connectivity index (χ4v) is 3.26. The van der Waals surface area contributed by atoms with Gasteiger partial charge in [-0.25, -0.2) is 9.78 Å². The Hall–Kier alpha value is -3.73. The van der Waals surface area contributed by atoms with Crippen molar-refractivity contribution in [2.24, 2.45) is 0 Å². The van der Waals surface area contributed by atoms with Crippen LogP contribution in [0.1, 0.15) is 27.3 Å². The van der Waals surface area contributed by atoms with Crippen LogP contribution in [-0.4, -0.2) is 22.5 Å². The Labute approximate surface area is 168 Å². The van der Waals surface area contributed by atoms with Crippen LogP contribution >= 0.6 is 0 Å². The van der Waals surface area contributed by atoms with Crippen molar-refractivity contribution in [3.8, 4) is 0 Å². The predicted octanol–water partition coefficient (Wildman–Crippen LogP) is 3.91. The standard InChI is InChI=1S/C24H20N2O3/c27-23-20-12-6-7-13-21(20)25-22(26-23)16-18-10-4-5-11-19(18)24(28)29-15-14-17-8-2-1-3-9-17/h1-13H,14-16H2,(H,25,26,27). The van der Waals surface area contributed by atoms with Gasteiger partial charge in [0.25, 0.3) is 5.56 Å². The van der Waals surface area contributed by atoms with Gasteiger partial charge in [0.15, 0.2) is 0 Å². The zero-order valence-corrected chi connectivity index (χ0v) is 15.8. The van der Waals surface area contributed by atoms with E-state index in [1.54, 1.807) is 30.3 Å². The van der Waals surface area contributed by atoms with E-state index in [0.717, 1.165) is 11.1 Å². The number of hydrogen-bond acceptors (Lipinski definition) is 4. The van der Waals surface area contributed by atoms with Gasteiger partial charge in [0, 0.05) is 12.8 Å². The van der Waals surface area contributed by atoms with E-state index in [4.69, 9.17) is 4.74 Å². The predicted molar refractivity (Wildman–Crippen MR) is 112 cm³/mol. The highest BCUT2D eigenvalue weighted by molar-refractivity contribution is 5.91. The van der Waals surface area contributed by atoms with E-state index in [9.17, 15) is 9.59 Å². The summed E-state index contributed by atoms with van der Waals surface area (Å²) in [4.78, 5) is 32.2. The Morgan fingerprint density at radius 3 is 2.48 bits per heavy atom. The number of nitrogens with zero attached hydrogens (tertiary/aromatic N) is 1. The van der Waals surface area contributed by atoms with E-state index in [1.165, 1.54) is 0 Å². The zero-order chi connectivity index (χ0) is 20.1. The number of benzene rings is 3. The number of ether oxygens (including phenoxy) is 1. The second-order valence-corrected chi connectivity index (χ2v) is 6.74. The van der Waals surface area contributed by atoms with Crippen LogP contribution in [0.25, 0.3) is 10.9 Å². The van der Waals surface area contributed by atoms with Gasteiger partial charge in [-0.15, -0.1) is 0 Å². The molecule has 4 aromatic rings. The molecule has 0 aliphatic rings. The number of rotatable bonds is 6. The van der Waals surface area contributed by atoms with Crippen LogP contribution in [0.15, 0.2) is 83.7 Å². The van der Waals surface area contributed by atoms with Gasteiger partial charge in [-0.05, 0) is 29.3 Å². The molecule has 5 heteroatoms. The average molecular weight is 384 g/mol. The number of H-pyrrole nitrogens is 1. The maximum absolute atomic E-state index is 12.6. The quantitative estimate of drug-likeness (QED) is 0.512. The third kappa shape index (κ3) is 4.41. The van der Waals surface area contributed by atoms with Crippen molar-refractivity contribution in [1.29, 1.82) is 0 Å². The molecule has 0 spiro atoms. The summed E-state index contributed by atoms with van der Waals surface area (Å²) < 4.78 is 5.47. The highest BCUT2D eigenvalue weighted by Crippen LogP contribution is 2.15. The van der Waals surface area contributed by atoms with Gasteiger partial charge in [0.2, 0.25) is 0 Å². The Morgan fingerprint density at radius 2 is 1.62 bits per heavy atom. The molecule has 0 saturated heterocycles. The lowest BCUT2D eigenvalue weighted by Gasteiger charge is -2.10. The Bertz CT molecular complexity index is 1200. The molecule has 0 amide bonds. The molecule has 0 saturated carbocycles. The molecular formula is C24H20N2O3. The van der Waals surface area contributed by atoms with E-state index < -0.39 is 0 Å². The number of esters is 1. The summed E-state index contributed by atoms with van der Waals surface area (Å²) in [6, 6.07) is 24.3. The molecule has 0 aliphatic carbocycles. The first-order valence-corrected chi connectivity index (χ1v) is 9.47. The van der Waals surface area contributed by atoms with E-state index in [1.807, 2.05) is 48.5 Å². The highest BCUT2D eigenvalue weighted by Gasteiger charge is 2.14. The largest absolute Gasteiger partial charge is 0.462 e. The van der Waals surface area contributed by atoms with Crippen LogP contribution in [0.5, 0.6) is 0 Å². The van der Waals surface area contributed by atoms with Crippen LogP contribution < -0.4 is 5.56 Å². The fourth-order valence-electron chi connectivity index (χ4n) is 3.26. The van der Waals surface area contributed by atoms with E-state index in [0.29, 0.717) is 41.7 Å². The summed E-state index contributed by atoms with van der Waals surface area (Å²) in [5.74, 6) is 0.137. The Kier molecular flexibility index (Phi) is 5.47. The van der Waals surface area contributed by atoms with Crippen molar-refractivity contribution >= 4 is 16.9 Å². The topological polar surface area (TPSA) is 72.0 Å². The molecule has 3 aromatic carbocycles. The normalized spacial score (nSPS) is 10.8. The first-order chi connectivity index (χ1) is 14.2. The number of hydrogen-bond donors (Lipinski definition) is 1. The van der Waals surface area contributed by atoms with Gasteiger partial charge in [0.1, 0.15) is 5.82 Å². The number of para-hydroxylation sites is 1. The van der Waals surface area contributed by atoms with Gasteiger partial charge < -0.3 is 9.72 Å². The van der Waals surface area contributed by atoms with Crippen LogP contribution in [0.4, 0.5) is 0 Å². The van der Waals surface area contributed by atoms with Gasteiger partial charge in [-0.1, -0.05) is 60.7 Å². The second-order valence-electron chi connectivity index (χ2n) is 6.74.